The van der Waals surface area contributed by atoms with Gasteiger partial charge in [0.25, 0.3) is 0 Å². The van der Waals surface area contributed by atoms with Crippen molar-refractivity contribution in [3.05, 3.63) is 59.0 Å². The van der Waals surface area contributed by atoms with E-state index >= 15 is 0 Å². The number of hydrogen-bond donors (Lipinski definition) is 1. The number of fused-ring (bicyclic) bond motifs is 2. The third kappa shape index (κ3) is 2.85. The molecule has 2 heterocycles. The summed E-state index contributed by atoms with van der Waals surface area (Å²) >= 11 is 0. The van der Waals surface area contributed by atoms with E-state index in [2.05, 4.69) is 24.0 Å². The molecule has 0 radical (unpaired) electrons. The van der Waals surface area contributed by atoms with Crippen molar-refractivity contribution in [3.8, 4) is 11.1 Å². The second-order valence-electron chi connectivity index (χ2n) is 7.01. The van der Waals surface area contributed by atoms with Crippen LogP contribution < -0.4 is 5.73 Å². The molecule has 0 saturated heterocycles. The number of amides is 1. The average Bonchev–Trinajstić information content (AvgIpc) is 2.66. The van der Waals surface area contributed by atoms with Gasteiger partial charge in [0.15, 0.2) is 0 Å². The predicted octanol–water partition coefficient (Wildman–Crippen LogP) is 4.23. The zero-order valence-electron chi connectivity index (χ0n) is 15.1. The SMILES string of the molecule is CCCc1cc2nc3c(cc2c(-c2cccnc2)c1C(N)=O)CCCC3. The monoisotopic (exact) mass is 345 g/mol. The van der Waals surface area contributed by atoms with Crippen LogP contribution in [-0.4, -0.2) is 15.9 Å². The summed E-state index contributed by atoms with van der Waals surface area (Å²) in [5.41, 5.74) is 12.7. The Balaban J connectivity index is 2.10. The first-order chi connectivity index (χ1) is 12.7. The molecule has 0 saturated carbocycles. The Labute approximate surface area is 153 Å². The van der Waals surface area contributed by atoms with Crippen molar-refractivity contribution in [2.75, 3.05) is 0 Å². The van der Waals surface area contributed by atoms with E-state index in [1.807, 2.05) is 12.1 Å². The molecule has 3 aromatic rings. The van der Waals surface area contributed by atoms with E-state index in [0.717, 1.165) is 53.3 Å². The third-order valence-electron chi connectivity index (χ3n) is 5.20. The van der Waals surface area contributed by atoms with E-state index in [4.69, 9.17) is 10.7 Å². The van der Waals surface area contributed by atoms with Gasteiger partial charge >= 0.3 is 0 Å². The van der Waals surface area contributed by atoms with Gasteiger partial charge in [-0.15, -0.1) is 0 Å². The van der Waals surface area contributed by atoms with Crippen LogP contribution in [0.1, 0.15) is 53.4 Å². The van der Waals surface area contributed by atoms with Crippen LogP contribution in [0.15, 0.2) is 36.7 Å². The summed E-state index contributed by atoms with van der Waals surface area (Å²) in [4.78, 5) is 21.6. The molecular formula is C22H23N3O. The first kappa shape index (κ1) is 16.7. The van der Waals surface area contributed by atoms with E-state index < -0.39 is 0 Å². The van der Waals surface area contributed by atoms with Crippen LogP contribution in [-0.2, 0) is 19.3 Å². The molecule has 4 heteroatoms. The average molecular weight is 345 g/mol. The van der Waals surface area contributed by atoms with Gasteiger partial charge in [-0.25, -0.2) is 0 Å². The van der Waals surface area contributed by atoms with E-state index in [1.165, 1.54) is 24.1 Å². The molecule has 2 N–H and O–H groups in total. The summed E-state index contributed by atoms with van der Waals surface area (Å²) in [6.07, 6.45) is 9.77. The van der Waals surface area contributed by atoms with Gasteiger partial charge in [-0.3, -0.25) is 14.8 Å². The Morgan fingerprint density at radius 3 is 2.81 bits per heavy atom. The first-order valence-electron chi connectivity index (χ1n) is 9.37. The minimum Gasteiger partial charge on any atom is -0.366 e. The topological polar surface area (TPSA) is 68.9 Å². The standard InChI is InChI=1S/C22H23N3O/c1-2-6-15-12-19-17(11-14-7-3-4-9-18(14)25-19)20(21(15)22(23)26)16-8-5-10-24-13-16/h5,8,10-13H,2-4,6-7,9H2,1H3,(H2,23,26). The van der Waals surface area contributed by atoms with Crippen LogP contribution in [0.4, 0.5) is 0 Å². The van der Waals surface area contributed by atoms with Crippen LogP contribution in [0.5, 0.6) is 0 Å². The van der Waals surface area contributed by atoms with Gasteiger partial charge in [0.05, 0.1) is 11.1 Å². The highest BCUT2D eigenvalue weighted by Crippen LogP contribution is 2.36. The maximum atomic E-state index is 12.4. The minimum absolute atomic E-state index is 0.382. The number of carbonyl (C=O) groups is 1. The fraction of sp³-hybridized carbons (Fsp3) is 0.318. The quantitative estimate of drug-likeness (QED) is 0.769. The normalized spacial score (nSPS) is 13.6. The second-order valence-corrected chi connectivity index (χ2v) is 7.01. The van der Waals surface area contributed by atoms with Gasteiger partial charge in [0.2, 0.25) is 5.91 Å². The summed E-state index contributed by atoms with van der Waals surface area (Å²) < 4.78 is 0. The number of aromatic nitrogens is 2. The third-order valence-corrected chi connectivity index (χ3v) is 5.20. The highest BCUT2D eigenvalue weighted by molar-refractivity contribution is 6.10. The predicted molar refractivity (Wildman–Crippen MR) is 104 cm³/mol. The van der Waals surface area contributed by atoms with E-state index in [-0.39, 0.29) is 5.91 Å². The molecule has 2 aromatic heterocycles. The highest BCUT2D eigenvalue weighted by Gasteiger charge is 2.21. The zero-order chi connectivity index (χ0) is 18.1. The number of aryl methyl sites for hydroxylation is 3. The molecule has 0 spiro atoms. The fourth-order valence-electron chi connectivity index (χ4n) is 4.05. The van der Waals surface area contributed by atoms with Crippen molar-refractivity contribution in [2.24, 2.45) is 5.73 Å². The van der Waals surface area contributed by atoms with Crippen molar-refractivity contribution in [1.82, 2.24) is 9.97 Å². The Kier molecular flexibility index (Phi) is 4.41. The molecule has 4 rings (SSSR count). The Hall–Kier alpha value is -2.75. The maximum Gasteiger partial charge on any atom is 0.249 e. The number of hydrogen-bond acceptors (Lipinski definition) is 3. The summed E-state index contributed by atoms with van der Waals surface area (Å²) in [6.45, 7) is 2.11. The molecular weight excluding hydrogens is 322 g/mol. The number of benzene rings is 1. The van der Waals surface area contributed by atoms with Gasteiger partial charge < -0.3 is 5.73 Å². The molecule has 0 bridgehead atoms. The van der Waals surface area contributed by atoms with Crippen LogP contribution in [0.2, 0.25) is 0 Å². The van der Waals surface area contributed by atoms with Gasteiger partial charge in [0.1, 0.15) is 0 Å². The van der Waals surface area contributed by atoms with Crippen molar-refractivity contribution in [3.63, 3.8) is 0 Å². The van der Waals surface area contributed by atoms with Crippen LogP contribution in [0, 0.1) is 0 Å². The lowest BCUT2D eigenvalue weighted by atomic mass is 9.87. The lowest BCUT2D eigenvalue weighted by Gasteiger charge is -2.20. The van der Waals surface area contributed by atoms with Gasteiger partial charge in [0, 0.05) is 34.6 Å². The number of carbonyl (C=O) groups excluding carboxylic acids is 1. The van der Waals surface area contributed by atoms with Gasteiger partial charge in [-0.05, 0) is 61.4 Å². The number of rotatable bonds is 4. The molecule has 0 unspecified atom stereocenters. The molecule has 132 valence electrons. The summed E-state index contributed by atoms with van der Waals surface area (Å²) in [5.74, 6) is -0.382. The molecule has 0 atom stereocenters. The Morgan fingerprint density at radius 2 is 2.08 bits per heavy atom. The Bertz CT molecular complexity index is 980. The lowest BCUT2D eigenvalue weighted by molar-refractivity contribution is 0.1000. The van der Waals surface area contributed by atoms with Crippen molar-refractivity contribution in [2.45, 2.75) is 45.4 Å². The molecule has 0 fully saturated rings. The number of nitrogens with two attached hydrogens (primary N) is 1. The van der Waals surface area contributed by atoms with Crippen molar-refractivity contribution in [1.29, 1.82) is 0 Å². The smallest absolute Gasteiger partial charge is 0.249 e. The molecule has 0 aliphatic heterocycles. The number of nitrogens with zero attached hydrogens (tertiary/aromatic N) is 2. The van der Waals surface area contributed by atoms with Crippen molar-refractivity contribution < 1.29 is 4.79 Å². The molecule has 1 aliphatic carbocycles. The van der Waals surface area contributed by atoms with Gasteiger partial charge in [-0.1, -0.05) is 19.4 Å². The fourth-order valence-corrected chi connectivity index (χ4v) is 4.05. The first-order valence-corrected chi connectivity index (χ1v) is 9.37. The van der Waals surface area contributed by atoms with Crippen LogP contribution in [0.3, 0.4) is 0 Å². The molecule has 1 amide bonds. The van der Waals surface area contributed by atoms with E-state index in [9.17, 15) is 4.79 Å². The highest BCUT2D eigenvalue weighted by atomic mass is 16.1. The summed E-state index contributed by atoms with van der Waals surface area (Å²) in [5, 5.41) is 1.01. The molecule has 4 nitrogen and oxygen atoms in total. The number of primary amides is 1. The van der Waals surface area contributed by atoms with Gasteiger partial charge in [-0.2, -0.15) is 0 Å². The lowest BCUT2D eigenvalue weighted by Crippen LogP contribution is -2.16. The summed E-state index contributed by atoms with van der Waals surface area (Å²) in [7, 11) is 0. The molecule has 1 aromatic carbocycles. The van der Waals surface area contributed by atoms with E-state index in [1.54, 1.807) is 12.4 Å². The van der Waals surface area contributed by atoms with Crippen molar-refractivity contribution >= 4 is 16.8 Å². The minimum atomic E-state index is -0.382. The zero-order valence-corrected chi connectivity index (χ0v) is 15.1. The molecule has 26 heavy (non-hydrogen) atoms. The van der Waals surface area contributed by atoms with E-state index in [0.29, 0.717) is 5.56 Å². The number of pyridine rings is 2. The van der Waals surface area contributed by atoms with Crippen LogP contribution in [0.25, 0.3) is 22.0 Å². The largest absolute Gasteiger partial charge is 0.366 e. The maximum absolute atomic E-state index is 12.4. The summed E-state index contributed by atoms with van der Waals surface area (Å²) in [6, 6.07) is 8.17. The molecule has 1 aliphatic rings. The second kappa shape index (κ2) is 6.87. The van der Waals surface area contributed by atoms with Crippen LogP contribution >= 0.6 is 0 Å². The Morgan fingerprint density at radius 1 is 1.23 bits per heavy atom.